The van der Waals surface area contributed by atoms with Crippen LogP contribution in [0.5, 0.6) is 0 Å². The van der Waals surface area contributed by atoms with E-state index in [4.69, 9.17) is 0 Å². The Morgan fingerprint density at radius 2 is 1.78 bits per heavy atom. The van der Waals surface area contributed by atoms with Crippen molar-refractivity contribution in [3.05, 3.63) is 65.7 Å². The van der Waals surface area contributed by atoms with Gasteiger partial charge in [0.1, 0.15) is 0 Å². The standard InChI is InChI=1S/C22H27N3O2/c1-17(26)24-20-11-9-18(10-12-20)13-14-23-22(27)21-8-5-15-25(21)16-19-6-3-2-4-7-19/h2-4,6-7,9-12,21H,5,8,13-16H2,1H3,(H,23,27)(H,24,26). The van der Waals surface area contributed by atoms with Crippen LogP contribution in [-0.2, 0) is 22.6 Å². The average Bonchev–Trinajstić information content (AvgIpc) is 3.12. The van der Waals surface area contributed by atoms with Gasteiger partial charge < -0.3 is 10.6 Å². The summed E-state index contributed by atoms with van der Waals surface area (Å²) >= 11 is 0. The molecule has 0 aromatic heterocycles. The first-order valence-electron chi connectivity index (χ1n) is 9.54. The van der Waals surface area contributed by atoms with Crippen LogP contribution in [-0.4, -0.2) is 35.8 Å². The molecule has 3 rings (SSSR count). The number of hydrogen-bond acceptors (Lipinski definition) is 3. The second-order valence-corrected chi connectivity index (χ2v) is 7.03. The quantitative estimate of drug-likeness (QED) is 0.793. The van der Waals surface area contributed by atoms with Gasteiger partial charge in [-0.05, 0) is 49.1 Å². The van der Waals surface area contributed by atoms with Crippen molar-refractivity contribution in [2.75, 3.05) is 18.4 Å². The molecule has 5 nitrogen and oxygen atoms in total. The first-order valence-corrected chi connectivity index (χ1v) is 9.54. The van der Waals surface area contributed by atoms with Crippen LogP contribution in [0.3, 0.4) is 0 Å². The number of nitrogens with zero attached hydrogens (tertiary/aromatic N) is 1. The van der Waals surface area contributed by atoms with Crippen LogP contribution in [0.15, 0.2) is 54.6 Å². The number of rotatable bonds is 7. The van der Waals surface area contributed by atoms with Crippen molar-refractivity contribution < 1.29 is 9.59 Å². The van der Waals surface area contributed by atoms with Crippen molar-refractivity contribution in [2.24, 2.45) is 0 Å². The van der Waals surface area contributed by atoms with E-state index in [0.717, 1.165) is 43.6 Å². The van der Waals surface area contributed by atoms with Crippen LogP contribution in [0.4, 0.5) is 5.69 Å². The summed E-state index contributed by atoms with van der Waals surface area (Å²) in [6, 6.07) is 18.0. The Labute approximate surface area is 160 Å². The fourth-order valence-corrected chi connectivity index (χ4v) is 3.54. The third kappa shape index (κ3) is 5.66. The van der Waals surface area contributed by atoms with Crippen LogP contribution >= 0.6 is 0 Å². The highest BCUT2D eigenvalue weighted by Gasteiger charge is 2.30. The molecule has 1 aliphatic rings. The Balaban J connectivity index is 1.46. The molecule has 27 heavy (non-hydrogen) atoms. The van der Waals surface area contributed by atoms with Gasteiger partial charge in [-0.15, -0.1) is 0 Å². The third-order valence-electron chi connectivity index (χ3n) is 4.88. The molecule has 2 amide bonds. The zero-order valence-corrected chi connectivity index (χ0v) is 15.8. The van der Waals surface area contributed by atoms with E-state index in [1.807, 2.05) is 42.5 Å². The molecule has 0 radical (unpaired) electrons. The van der Waals surface area contributed by atoms with Crippen molar-refractivity contribution >= 4 is 17.5 Å². The summed E-state index contributed by atoms with van der Waals surface area (Å²) in [4.78, 5) is 25.9. The first-order chi connectivity index (χ1) is 13.1. The van der Waals surface area contributed by atoms with E-state index in [1.165, 1.54) is 12.5 Å². The maximum atomic E-state index is 12.6. The number of carbonyl (C=O) groups is 2. The molecule has 142 valence electrons. The first kappa shape index (κ1) is 19.1. The lowest BCUT2D eigenvalue weighted by molar-refractivity contribution is -0.125. The molecular weight excluding hydrogens is 338 g/mol. The van der Waals surface area contributed by atoms with Gasteiger partial charge in [-0.2, -0.15) is 0 Å². The van der Waals surface area contributed by atoms with E-state index < -0.39 is 0 Å². The molecule has 1 fully saturated rings. The Morgan fingerprint density at radius 3 is 2.48 bits per heavy atom. The molecule has 1 heterocycles. The number of likely N-dealkylation sites (tertiary alicyclic amines) is 1. The highest BCUT2D eigenvalue weighted by molar-refractivity contribution is 5.88. The highest BCUT2D eigenvalue weighted by atomic mass is 16.2. The molecule has 0 spiro atoms. The summed E-state index contributed by atoms with van der Waals surface area (Å²) in [5, 5.41) is 5.84. The van der Waals surface area contributed by atoms with Gasteiger partial charge in [-0.1, -0.05) is 42.5 Å². The highest BCUT2D eigenvalue weighted by Crippen LogP contribution is 2.20. The van der Waals surface area contributed by atoms with Crippen molar-refractivity contribution in [3.63, 3.8) is 0 Å². The molecule has 1 unspecified atom stereocenters. The fourth-order valence-electron chi connectivity index (χ4n) is 3.54. The van der Waals surface area contributed by atoms with Gasteiger partial charge in [0.15, 0.2) is 0 Å². The molecule has 5 heteroatoms. The van der Waals surface area contributed by atoms with Gasteiger partial charge in [-0.25, -0.2) is 0 Å². The minimum Gasteiger partial charge on any atom is -0.354 e. The molecule has 1 aliphatic heterocycles. The van der Waals surface area contributed by atoms with Gasteiger partial charge in [0.2, 0.25) is 11.8 Å². The maximum Gasteiger partial charge on any atom is 0.237 e. The Bertz CT molecular complexity index is 759. The van der Waals surface area contributed by atoms with E-state index in [0.29, 0.717) is 6.54 Å². The Kier molecular flexibility index (Phi) is 6.60. The molecule has 2 aromatic carbocycles. The lowest BCUT2D eigenvalue weighted by atomic mass is 10.1. The van der Waals surface area contributed by atoms with Gasteiger partial charge in [-0.3, -0.25) is 14.5 Å². The lowest BCUT2D eigenvalue weighted by Crippen LogP contribution is -2.43. The number of carbonyl (C=O) groups excluding carboxylic acids is 2. The smallest absolute Gasteiger partial charge is 0.237 e. The minimum atomic E-state index is -0.0772. The largest absolute Gasteiger partial charge is 0.354 e. The van der Waals surface area contributed by atoms with Crippen molar-refractivity contribution in [1.82, 2.24) is 10.2 Å². The third-order valence-corrected chi connectivity index (χ3v) is 4.88. The Morgan fingerprint density at radius 1 is 1.04 bits per heavy atom. The van der Waals surface area contributed by atoms with Crippen LogP contribution in [0.25, 0.3) is 0 Å². The molecule has 1 atom stereocenters. The molecule has 2 aromatic rings. The van der Waals surface area contributed by atoms with E-state index in [2.05, 4.69) is 27.7 Å². The predicted octanol–water partition coefficient (Wildman–Crippen LogP) is 2.97. The van der Waals surface area contributed by atoms with Crippen LogP contribution in [0, 0.1) is 0 Å². The van der Waals surface area contributed by atoms with E-state index in [-0.39, 0.29) is 17.9 Å². The minimum absolute atomic E-state index is 0.0349. The number of anilines is 1. The average molecular weight is 365 g/mol. The molecule has 2 N–H and O–H groups in total. The van der Waals surface area contributed by atoms with Crippen molar-refractivity contribution in [2.45, 2.75) is 38.8 Å². The monoisotopic (exact) mass is 365 g/mol. The zero-order valence-electron chi connectivity index (χ0n) is 15.8. The lowest BCUT2D eigenvalue weighted by Gasteiger charge is -2.23. The van der Waals surface area contributed by atoms with Crippen LogP contribution in [0.2, 0.25) is 0 Å². The Hall–Kier alpha value is -2.66. The fraction of sp³-hybridized carbons (Fsp3) is 0.364. The van der Waals surface area contributed by atoms with Gasteiger partial charge in [0, 0.05) is 25.7 Å². The summed E-state index contributed by atoms with van der Waals surface area (Å²) in [7, 11) is 0. The normalized spacial score (nSPS) is 16.9. The van der Waals surface area contributed by atoms with Crippen molar-refractivity contribution in [1.29, 1.82) is 0 Å². The summed E-state index contributed by atoms with van der Waals surface area (Å²) in [5.74, 6) is 0.0462. The van der Waals surface area contributed by atoms with Gasteiger partial charge in [0.05, 0.1) is 6.04 Å². The summed E-state index contributed by atoms with van der Waals surface area (Å²) in [6.07, 6.45) is 2.76. The number of benzene rings is 2. The number of amides is 2. The van der Waals surface area contributed by atoms with Crippen molar-refractivity contribution in [3.8, 4) is 0 Å². The second kappa shape index (κ2) is 9.33. The molecular formula is C22H27N3O2. The predicted molar refractivity (Wildman–Crippen MR) is 107 cm³/mol. The van der Waals surface area contributed by atoms with Gasteiger partial charge in [0.25, 0.3) is 0 Å². The van der Waals surface area contributed by atoms with Crippen LogP contribution in [0.1, 0.15) is 30.9 Å². The maximum absolute atomic E-state index is 12.6. The molecule has 1 saturated heterocycles. The van der Waals surface area contributed by atoms with E-state index in [1.54, 1.807) is 0 Å². The number of nitrogens with one attached hydrogen (secondary N) is 2. The number of hydrogen-bond donors (Lipinski definition) is 2. The second-order valence-electron chi connectivity index (χ2n) is 7.03. The SMILES string of the molecule is CC(=O)Nc1ccc(CCNC(=O)C2CCCN2Cc2ccccc2)cc1. The van der Waals surface area contributed by atoms with Crippen LogP contribution < -0.4 is 10.6 Å². The van der Waals surface area contributed by atoms with E-state index >= 15 is 0 Å². The summed E-state index contributed by atoms with van der Waals surface area (Å²) in [5.41, 5.74) is 3.17. The molecule has 0 saturated carbocycles. The zero-order chi connectivity index (χ0) is 19.1. The molecule has 0 aliphatic carbocycles. The summed E-state index contributed by atoms with van der Waals surface area (Å²) in [6.45, 7) is 3.91. The molecule has 0 bridgehead atoms. The topological polar surface area (TPSA) is 61.4 Å². The summed E-state index contributed by atoms with van der Waals surface area (Å²) < 4.78 is 0. The van der Waals surface area contributed by atoms with E-state index in [9.17, 15) is 9.59 Å². The van der Waals surface area contributed by atoms with Gasteiger partial charge >= 0.3 is 0 Å².